The molecule has 8 heteroatoms. The van der Waals surface area contributed by atoms with Crippen LogP contribution in [0.15, 0.2) is 24.3 Å². The number of pyridine rings is 1. The van der Waals surface area contributed by atoms with Gasteiger partial charge < -0.3 is 5.32 Å². The molecule has 0 aliphatic heterocycles. The van der Waals surface area contributed by atoms with Crippen molar-refractivity contribution in [3.8, 4) is 0 Å². The van der Waals surface area contributed by atoms with E-state index >= 15 is 0 Å². The molecule has 25 heavy (non-hydrogen) atoms. The fourth-order valence-corrected chi connectivity index (χ4v) is 2.90. The predicted octanol–water partition coefficient (Wildman–Crippen LogP) is 3.05. The zero-order chi connectivity index (χ0) is 18.3. The quantitative estimate of drug-likeness (QED) is 0.583. The van der Waals surface area contributed by atoms with Gasteiger partial charge >= 0.3 is 0 Å². The SMILES string of the molecule is Cc1cc(C(=O)Nc2cccc([N+](=O)[O-])c2C)c2c(C)nn(C)c2n1. The summed E-state index contributed by atoms with van der Waals surface area (Å²) in [4.78, 5) is 27.9. The summed E-state index contributed by atoms with van der Waals surface area (Å²) in [5.74, 6) is -0.352. The topological polar surface area (TPSA) is 103 Å². The van der Waals surface area contributed by atoms with Crippen LogP contribution in [0, 0.1) is 30.9 Å². The van der Waals surface area contributed by atoms with Gasteiger partial charge in [0.05, 0.1) is 32.8 Å². The molecule has 0 aliphatic carbocycles. The Morgan fingerprint density at radius 2 is 2.00 bits per heavy atom. The van der Waals surface area contributed by atoms with Gasteiger partial charge in [-0.2, -0.15) is 5.10 Å². The van der Waals surface area contributed by atoms with E-state index in [-0.39, 0.29) is 11.6 Å². The van der Waals surface area contributed by atoms with Crippen molar-refractivity contribution in [3.63, 3.8) is 0 Å². The summed E-state index contributed by atoms with van der Waals surface area (Å²) in [5, 5.41) is 18.8. The number of fused-ring (bicyclic) bond motifs is 1. The van der Waals surface area contributed by atoms with Gasteiger partial charge in [-0.15, -0.1) is 0 Å². The highest BCUT2D eigenvalue weighted by atomic mass is 16.6. The molecular formula is C17H17N5O3. The van der Waals surface area contributed by atoms with Crippen LogP contribution in [0.4, 0.5) is 11.4 Å². The van der Waals surface area contributed by atoms with Gasteiger partial charge in [0, 0.05) is 18.8 Å². The Hall–Kier alpha value is -3.29. The van der Waals surface area contributed by atoms with Crippen molar-refractivity contribution >= 4 is 28.3 Å². The number of anilines is 1. The van der Waals surface area contributed by atoms with Crippen LogP contribution in [0.3, 0.4) is 0 Å². The highest BCUT2D eigenvalue weighted by molar-refractivity contribution is 6.13. The van der Waals surface area contributed by atoms with Gasteiger partial charge in [-0.1, -0.05) is 6.07 Å². The first-order chi connectivity index (χ1) is 11.8. The molecule has 1 amide bonds. The van der Waals surface area contributed by atoms with Crippen LogP contribution in [0.25, 0.3) is 11.0 Å². The average molecular weight is 339 g/mol. The number of nitro groups is 1. The lowest BCUT2D eigenvalue weighted by molar-refractivity contribution is -0.385. The summed E-state index contributed by atoms with van der Waals surface area (Å²) in [5.41, 5.74) is 3.24. The van der Waals surface area contributed by atoms with Crippen LogP contribution in [0.1, 0.15) is 27.3 Å². The van der Waals surface area contributed by atoms with Crippen molar-refractivity contribution in [1.82, 2.24) is 14.8 Å². The van der Waals surface area contributed by atoms with Gasteiger partial charge in [-0.3, -0.25) is 19.6 Å². The number of amides is 1. The number of nitro benzene ring substituents is 1. The fourth-order valence-electron chi connectivity index (χ4n) is 2.90. The highest BCUT2D eigenvalue weighted by Crippen LogP contribution is 2.27. The zero-order valence-electron chi connectivity index (χ0n) is 14.3. The molecule has 0 unspecified atom stereocenters. The first-order valence-electron chi connectivity index (χ1n) is 7.66. The number of nitrogens with one attached hydrogen (secondary N) is 1. The monoisotopic (exact) mass is 339 g/mol. The zero-order valence-corrected chi connectivity index (χ0v) is 14.3. The van der Waals surface area contributed by atoms with Crippen molar-refractivity contribution in [1.29, 1.82) is 0 Å². The van der Waals surface area contributed by atoms with E-state index in [1.807, 2.05) is 6.92 Å². The van der Waals surface area contributed by atoms with Gasteiger partial charge in [-0.05, 0) is 32.9 Å². The molecule has 0 spiro atoms. The van der Waals surface area contributed by atoms with Crippen molar-refractivity contribution in [2.75, 3.05) is 5.32 Å². The third-order valence-corrected chi connectivity index (χ3v) is 4.09. The molecule has 1 aromatic carbocycles. The second-order valence-electron chi connectivity index (χ2n) is 5.88. The Labute approximate surface area is 143 Å². The van der Waals surface area contributed by atoms with Gasteiger partial charge in [0.2, 0.25) is 0 Å². The summed E-state index contributed by atoms with van der Waals surface area (Å²) in [7, 11) is 1.77. The van der Waals surface area contributed by atoms with E-state index in [0.29, 0.717) is 39.2 Å². The number of aryl methyl sites for hydroxylation is 3. The smallest absolute Gasteiger partial charge is 0.274 e. The van der Waals surface area contributed by atoms with E-state index < -0.39 is 4.92 Å². The van der Waals surface area contributed by atoms with Crippen molar-refractivity contribution in [2.24, 2.45) is 7.05 Å². The van der Waals surface area contributed by atoms with E-state index in [0.717, 1.165) is 0 Å². The van der Waals surface area contributed by atoms with Crippen molar-refractivity contribution in [2.45, 2.75) is 20.8 Å². The van der Waals surface area contributed by atoms with E-state index in [4.69, 9.17) is 0 Å². The summed E-state index contributed by atoms with van der Waals surface area (Å²) in [6.07, 6.45) is 0. The summed E-state index contributed by atoms with van der Waals surface area (Å²) >= 11 is 0. The molecule has 2 heterocycles. The van der Waals surface area contributed by atoms with E-state index in [2.05, 4.69) is 15.4 Å². The molecule has 0 saturated carbocycles. The molecule has 3 aromatic rings. The number of nitrogens with zero attached hydrogens (tertiary/aromatic N) is 4. The van der Waals surface area contributed by atoms with Gasteiger partial charge in [-0.25, -0.2) is 4.98 Å². The number of hydrogen-bond donors (Lipinski definition) is 1. The number of aromatic nitrogens is 3. The lowest BCUT2D eigenvalue weighted by Gasteiger charge is -2.10. The maximum Gasteiger partial charge on any atom is 0.274 e. The molecule has 0 aliphatic rings. The number of hydrogen-bond acceptors (Lipinski definition) is 5. The second kappa shape index (κ2) is 5.97. The van der Waals surface area contributed by atoms with Crippen molar-refractivity contribution < 1.29 is 9.72 Å². The number of carbonyl (C=O) groups is 1. The minimum Gasteiger partial charge on any atom is -0.321 e. The number of benzene rings is 1. The van der Waals surface area contributed by atoms with Crippen LogP contribution >= 0.6 is 0 Å². The molecule has 8 nitrogen and oxygen atoms in total. The van der Waals surface area contributed by atoms with Crippen LogP contribution in [0.5, 0.6) is 0 Å². The molecule has 0 atom stereocenters. The normalized spacial score (nSPS) is 10.9. The number of carbonyl (C=O) groups excluding carboxylic acids is 1. The first-order valence-corrected chi connectivity index (χ1v) is 7.66. The summed E-state index contributed by atoms with van der Waals surface area (Å²) in [6, 6.07) is 6.29. The largest absolute Gasteiger partial charge is 0.321 e. The average Bonchev–Trinajstić information content (AvgIpc) is 2.82. The number of rotatable bonds is 3. The van der Waals surface area contributed by atoms with E-state index in [9.17, 15) is 14.9 Å². The minimum atomic E-state index is -0.467. The third kappa shape index (κ3) is 2.82. The Morgan fingerprint density at radius 3 is 2.68 bits per heavy atom. The summed E-state index contributed by atoms with van der Waals surface area (Å²) < 4.78 is 1.63. The lowest BCUT2D eigenvalue weighted by Crippen LogP contribution is -2.14. The van der Waals surface area contributed by atoms with Crippen LogP contribution < -0.4 is 5.32 Å². The van der Waals surface area contributed by atoms with Crippen molar-refractivity contribution in [3.05, 3.63) is 56.9 Å². The Kier molecular flexibility index (Phi) is 3.96. The van der Waals surface area contributed by atoms with Crippen LogP contribution in [-0.2, 0) is 7.05 Å². The third-order valence-electron chi connectivity index (χ3n) is 4.09. The van der Waals surface area contributed by atoms with Gasteiger partial charge in [0.1, 0.15) is 0 Å². The van der Waals surface area contributed by atoms with Gasteiger partial charge in [0.15, 0.2) is 5.65 Å². The maximum absolute atomic E-state index is 12.8. The maximum atomic E-state index is 12.8. The standard InChI is InChI=1S/C17H17N5O3/c1-9-8-12(15-11(3)20-21(4)16(15)18-9)17(23)19-13-6-5-7-14(10(13)2)22(24)25/h5-8H,1-4H3,(H,19,23). The lowest BCUT2D eigenvalue weighted by atomic mass is 10.1. The first kappa shape index (κ1) is 16.6. The fraction of sp³-hybridized carbons (Fsp3) is 0.235. The molecule has 2 aromatic heterocycles. The Balaban J connectivity index is 2.07. The second-order valence-corrected chi connectivity index (χ2v) is 5.88. The van der Waals surface area contributed by atoms with Crippen LogP contribution in [0.2, 0.25) is 0 Å². The van der Waals surface area contributed by atoms with E-state index in [1.165, 1.54) is 6.07 Å². The Morgan fingerprint density at radius 1 is 1.28 bits per heavy atom. The molecule has 128 valence electrons. The molecule has 0 bridgehead atoms. The summed E-state index contributed by atoms with van der Waals surface area (Å²) in [6.45, 7) is 5.22. The molecule has 3 rings (SSSR count). The molecule has 1 N–H and O–H groups in total. The minimum absolute atomic E-state index is 0.0357. The highest BCUT2D eigenvalue weighted by Gasteiger charge is 2.20. The molecule has 0 radical (unpaired) electrons. The van der Waals surface area contributed by atoms with Gasteiger partial charge in [0.25, 0.3) is 11.6 Å². The predicted molar refractivity (Wildman–Crippen MR) is 93.8 cm³/mol. The molecule has 0 saturated heterocycles. The van der Waals surface area contributed by atoms with E-state index in [1.54, 1.807) is 43.8 Å². The van der Waals surface area contributed by atoms with Crippen LogP contribution in [-0.4, -0.2) is 25.6 Å². The molecule has 0 fully saturated rings. The molecular weight excluding hydrogens is 322 g/mol. The Bertz CT molecular complexity index is 1020.